The second-order valence-corrected chi connectivity index (χ2v) is 6.04. The Morgan fingerprint density at radius 2 is 1.86 bits per heavy atom. The van der Waals surface area contributed by atoms with E-state index in [1.54, 1.807) is 11.8 Å². The third-order valence-electron chi connectivity index (χ3n) is 3.29. The highest BCUT2D eigenvalue weighted by Crippen LogP contribution is 2.27. The van der Waals surface area contributed by atoms with Gasteiger partial charge in [-0.3, -0.25) is 9.78 Å². The number of anilines is 1. The topological polar surface area (TPSA) is 42.0 Å². The zero-order chi connectivity index (χ0) is 15.4. The molecule has 3 aromatic rings. The van der Waals surface area contributed by atoms with Gasteiger partial charge in [0.15, 0.2) is 0 Å². The van der Waals surface area contributed by atoms with E-state index in [1.807, 2.05) is 36.5 Å². The van der Waals surface area contributed by atoms with Crippen molar-refractivity contribution in [1.29, 1.82) is 0 Å². The van der Waals surface area contributed by atoms with Crippen molar-refractivity contribution in [3.8, 4) is 0 Å². The lowest BCUT2D eigenvalue weighted by molar-refractivity contribution is -0.114. The van der Waals surface area contributed by atoms with Crippen molar-refractivity contribution in [3.05, 3.63) is 66.4 Å². The van der Waals surface area contributed by atoms with Crippen molar-refractivity contribution in [2.75, 3.05) is 5.32 Å². The van der Waals surface area contributed by atoms with Crippen LogP contribution in [0.15, 0.2) is 65.7 Å². The van der Waals surface area contributed by atoms with Crippen LogP contribution in [-0.2, 0) is 10.5 Å². The van der Waals surface area contributed by atoms with Crippen LogP contribution in [0.25, 0.3) is 10.9 Å². The summed E-state index contributed by atoms with van der Waals surface area (Å²) in [5.41, 5.74) is 3.12. The molecule has 0 radical (unpaired) electrons. The van der Waals surface area contributed by atoms with Gasteiger partial charge in [-0.25, -0.2) is 0 Å². The second-order valence-electron chi connectivity index (χ2n) is 4.99. The zero-order valence-corrected chi connectivity index (χ0v) is 13.1. The summed E-state index contributed by atoms with van der Waals surface area (Å²) in [6.45, 7) is 1.51. The molecule has 1 aromatic heterocycles. The van der Waals surface area contributed by atoms with E-state index in [0.717, 1.165) is 17.0 Å². The molecule has 0 aliphatic carbocycles. The number of benzene rings is 2. The van der Waals surface area contributed by atoms with Crippen molar-refractivity contribution < 1.29 is 4.79 Å². The van der Waals surface area contributed by atoms with Gasteiger partial charge in [0.05, 0.1) is 5.52 Å². The first-order valence-corrected chi connectivity index (χ1v) is 8.04. The Labute approximate surface area is 133 Å². The summed E-state index contributed by atoms with van der Waals surface area (Å²) in [5, 5.41) is 3.94. The number of hydrogen-bond acceptors (Lipinski definition) is 3. The van der Waals surface area contributed by atoms with E-state index >= 15 is 0 Å². The molecular weight excluding hydrogens is 292 g/mol. The molecule has 0 saturated heterocycles. The summed E-state index contributed by atoms with van der Waals surface area (Å²) >= 11 is 1.76. The molecular formula is C18H16N2OS. The molecule has 1 N–H and O–H groups in total. The van der Waals surface area contributed by atoms with E-state index in [0.29, 0.717) is 0 Å². The van der Waals surface area contributed by atoms with E-state index in [1.165, 1.54) is 22.8 Å². The molecule has 0 spiro atoms. The minimum absolute atomic E-state index is 0.0535. The lowest BCUT2D eigenvalue weighted by atomic mass is 10.1. The van der Waals surface area contributed by atoms with Crippen molar-refractivity contribution in [1.82, 2.24) is 4.98 Å². The van der Waals surface area contributed by atoms with Crippen LogP contribution in [0.1, 0.15) is 12.5 Å². The summed E-state index contributed by atoms with van der Waals surface area (Å²) in [7, 11) is 0. The molecule has 3 rings (SSSR count). The Balaban J connectivity index is 1.72. The van der Waals surface area contributed by atoms with Gasteiger partial charge >= 0.3 is 0 Å². The predicted molar refractivity (Wildman–Crippen MR) is 92.0 cm³/mol. The molecule has 2 aromatic carbocycles. The summed E-state index contributed by atoms with van der Waals surface area (Å²) in [4.78, 5) is 16.7. The number of carbonyl (C=O) groups is 1. The first kappa shape index (κ1) is 14.6. The van der Waals surface area contributed by atoms with Gasteiger partial charge in [-0.1, -0.05) is 24.3 Å². The van der Waals surface area contributed by atoms with Gasteiger partial charge in [-0.15, -0.1) is 11.8 Å². The third kappa shape index (κ3) is 3.46. The molecule has 0 unspecified atom stereocenters. The van der Waals surface area contributed by atoms with Crippen LogP contribution in [0.2, 0.25) is 0 Å². The summed E-state index contributed by atoms with van der Waals surface area (Å²) in [6.07, 6.45) is 1.83. The van der Waals surface area contributed by atoms with Crippen LogP contribution in [0, 0.1) is 0 Å². The smallest absolute Gasteiger partial charge is 0.221 e. The summed E-state index contributed by atoms with van der Waals surface area (Å²) < 4.78 is 0. The summed E-state index contributed by atoms with van der Waals surface area (Å²) in [6, 6.07) is 18.2. The lowest BCUT2D eigenvalue weighted by Gasteiger charge is -2.07. The van der Waals surface area contributed by atoms with Crippen LogP contribution < -0.4 is 5.32 Å². The molecule has 4 heteroatoms. The van der Waals surface area contributed by atoms with E-state index in [4.69, 9.17) is 0 Å². The number of nitrogens with zero attached hydrogens (tertiary/aromatic N) is 1. The number of pyridine rings is 1. The average molecular weight is 308 g/mol. The summed E-state index contributed by atoms with van der Waals surface area (Å²) in [5.74, 6) is 0.815. The lowest BCUT2D eigenvalue weighted by Crippen LogP contribution is -2.05. The van der Waals surface area contributed by atoms with Crippen LogP contribution in [0.3, 0.4) is 0 Å². The molecule has 22 heavy (non-hydrogen) atoms. The number of aromatic nitrogens is 1. The SMILES string of the molecule is CC(=O)Nc1ccc(SCc2cccc3cccnc23)cc1. The fourth-order valence-corrected chi connectivity index (χ4v) is 3.17. The highest BCUT2D eigenvalue weighted by atomic mass is 32.2. The molecule has 0 bridgehead atoms. The van der Waals surface area contributed by atoms with Gasteiger partial charge in [0.25, 0.3) is 0 Å². The predicted octanol–water partition coefficient (Wildman–Crippen LogP) is 4.49. The van der Waals surface area contributed by atoms with Crippen molar-refractivity contribution >= 4 is 34.3 Å². The van der Waals surface area contributed by atoms with E-state index in [2.05, 4.69) is 34.6 Å². The minimum Gasteiger partial charge on any atom is -0.326 e. The molecule has 0 aliphatic rings. The highest BCUT2D eigenvalue weighted by Gasteiger charge is 2.03. The minimum atomic E-state index is -0.0535. The molecule has 0 saturated carbocycles. The van der Waals surface area contributed by atoms with Gasteiger partial charge in [0, 0.05) is 34.8 Å². The van der Waals surface area contributed by atoms with Gasteiger partial charge in [0.1, 0.15) is 0 Å². The number of carbonyl (C=O) groups excluding carboxylic acids is 1. The molecule has 1 heterocycles. The standard InChI is InChI=1S/C18H16N2OS/c1-13(21)20-16-7-9-17(10-8-16)22-12-15-5-2-4-14-6-3-11-19-18(14)15/h2-11H,12H2,1H3,(H,20,21). The molecule has 3 nitrogen and oxygen atoms in total. The maximum absolute atomic E-state index is 11.0. The van der Waals surface area contributed by atoms with Crippen molar-refractivity contribution in [3.63, 3.8) is 0 Å². The largest absolute Gasteiger partial charge is 0.326 e. The van der Waals surface area contributed by atoms with Gasteiger partial charge in [-0.2, -0.15) is 0 Å². The van der Waals surface area contributed by atoms with Crippen LogP contribution >= 0.6 is 11.8 Å². The number of nitrogens with one attached hydrogen (secondary N) is 1. The Morgan fingerprint density at radius 1 is 1.09 bits per heavy atom. The molecule has 0 atom stereocenters. The Hall–Kier alpha value is -2.33. The number of hydrogen-bond donors (Lipinski definition) is 1. The average Bonchev–Trinajstić information content (AvgIpc) is 2.54. The van der Waals surface area contributed by atoms with Gasteiger partial charge in [-0.05, 0) is 35.9 Å². The Bertz CT molecular complexity index is 794. The van der Waals surface area contributed by atoms with E-state index in [9.17, 15) is 4.79 Å². The molecule has 0 aliphatic heterocycles. The molecule has 110 valence electrons. The van der Waals surface area contributed by atoms with Crippen LogP contribution in [0.5, 0.6) is 0 Å². The Kier molecular flexibility index (Phi) is 4.39. The maximum atomic E-state index is 11.0. The van der Waals surface area contributed by atoms with Crippen LogP contribution in [0.4, 0.5) is 5.69 Å². The third-order valence-corrected chi connectivity index (χ3v) is 4.35. The van der Waals surface area contributed by atoms with Gasteiger partial charge < -0.3 is 5.32 Å². The highest BCUT2D eigenvalue weighted by molar-refractivity contribution is 7.98. The normalized spacial score (nSPS) is 10.6. The first-order chi connectivity index (χ1) is 10.7. The van der Waals surface area contributed by atoms with E-state index in [-0.39, 0.29) is 5.91 Å². The number of thioether (sulfide) groups is 1. The monoisotopic (exact) mass is 308 g/mol. The Morgan fingerprint density at radius 3 is 2.64 bits per heavy atom. The fourth-order valence-electron chi connectivity index (χ4n) is 2.28. The quantitative estimate of drug-likeness (QED) is 0.722. The number of amides is 1. The van der Waals surface area contributed by atoms with Crippen LogP contribution in [-0.4, -0.2) is 10.9 Å². The van der Waals surface area contributed by atoms with Crippen molar-refractivity contribution in [2.45, 2.75) is 17.6 Å². The zero-order valence-electron chi connectivity index (χ0n) is 12.2. The van der Waals surface area contributed by atoms with E-state index < -0.39 is 0 Å². The fraction of sp³-hybridized carbons (Fsp3) is 0.111. The van der Waals surface area contributed by atoms with Crippen molar-refractivity contribution in [2.24, 2.45) is 0 Å². The number of para-hydroxylation sites is 1. The molecule has 1 amide bonds. The first-order valence-electron chi connectivity index (χ1n) is 7.05. The number of rotatable bonds is 4. The van der Waals surface area contributed by atoms with Gasteiger partial charge in [0.2, 0.25) is 5.91 Å². The molecule has 0 fully saturated rings. The maximum Gasteiger partial charge on any atom is 0.221 e. The number of fused-ring (bicyclic) bond motifs is 1. The second kappa shape index (κ2) is 6.62.